The fourth-order valence-corrected chi connectivity index (χ4v) is 3.11. The summed E-state index contributed by atoms with van der Waals surface area (Å²) in [6.07, 6.45) is 1.04. The molecule has 0 radical (unpaired) electrons. The van der Waals surface area contributed by atoms with Crippen molar-refractivity contribution < 1.29 is 9.47 Å². The Balaban J connectivity index is 2.42. The van der Waals surface area contributed by atoms with Crippen molar-refractivity contribution in [1.29, 1.82) is 0 Å². The zero-order chi connectivity index (χ0) is 14.0. The highest BCUT2D eigenvalue weighted by Gasteiger charge is 2.45. The molecule has 1 aliphatic heterocycles. The van der Waals surface area contributed by atoms with E-state index in [0.717, 1.165) is 31.9 Å². The summed E-state index contributed by atoms with van der Waals surface area (Å²) >= 11 is 0. The number of hydrogen-bond acceptors (Lipinski definition) is 3. The van der Waals surface area contributed by atoms with Gasteiger partial charge in [0.05, 0.1) is 20.3 Å². The van der Waals surface area contributed by atoms with Crippen LogP contribution in [0.4, 0.5) is 0 Å². The van der Waals surface area contributed by atoms with Gasteiger partial charge in [-0.1, -0.05) is 13.0 Å². The minimum Gasteiger partial charge on any atom is -0.496 e. The molecule has 1 aromatic carbocycles. The molecule has 1 unspecified atom stereocenters. The van der Waals surface area contributed by atoms with Crippen molar-refractivity contribution in [2.75, 3.05) is 26.9 Å². The van der Waals surface area contributed by atoms with E-state index in [0.29, 0.717) is 5.92 Å². The zero-order valence-corrected chi connectivity index (χ0v) is 12.5. The van der Waals surface area contributed by atoms with Gasteiger partial charge in [0.15, 0.2) is 0 Å². The molecule has 1 aliphatic rings. The van der Waals surface area contributed by atoms with Gasteiger partial charge < -0.3 is 15.2 Å². The number of benzene rings is 1. The molecule has 19 heavy (non-hydrogen) atoms. The van der Waals surface area contributed by atoms with Gasteiger partial charge in [-0.3, -0.25) is 0 Å². The average Bonchev–Trinajstić information content (AvgIpc) is 2.34. The topological polar surface area (TPSA) is 44.5 Å². The molecule has 2 rings (SSSR count). The normalized spacial score (nSPS) is 18.8. The second-order valence-electron chi connectivity index (χ2n) is 5.69. The molecule has 1 saturated heterocycles. The van der Waals surface area contributed by atoms with Crippen molar-refractivity contribution in [2.24, 2.45) is 11.7 Å². The van der Waals surface area contributed by atoms with Crippen molar-refractivity contribution in [3.05, 3.63) is 28.8 Å². The molecule has 1 atom stereocenters. The van der Waals surface area contributed by atoms with E-state index in [4.69, 9.17) is 15.2 Å². The largest absolute Gasteiger partial charge is 0.496 e. The van der Waals surface area contributed by atoms with Gasteiger partial charge in [0.25, 0.3) is 0 Å². The van der Waals surface area contributed by atoms with Crippen molar-refractivity contribution in [3.8, 4) is 5.75 Å². The lowest BCUT2D eigenvalue weighted by molar-refractivity contribution is -0.0886. The average molecular weight is 263 g/mol. The maximum absolute atomic E-state index is 5.74. The van der Waals surface area contributed by atoms with Gasteiger partial charge >= 0.3 is 0 Å². The summed E-state index contributed by atoms with van der Waals surface area (Å²) in [5, 5.41) is 0. The van der Waals surface area contributed by atoms with Crippen LogP contribution in [0.15, 0.2) is 12.1 Å². The Morgan fingerprint density at radius 2 is 2.00 bits per heavy atom. The Bertz CT molecular complexity index is 452. The molecular weight excluding hydrogens is 238 g/mol. The van der Waals surface area contributed by atoms with Gasteiger partial charge in [0.1, 0.15) is 5.75 Å². The highest BCUT2D eigenvalue weighted by Crippen LogP contribution is 2.43. The third-order valence-electron chi connectivity index (χ3n) is 4.76. The summed E-state index contributed by atoms with van der Waals surface area (Å²) in [4.78, 5) is 0. The zero-order valence-electron chi connectivity index (χ0n) is 12.5. The van der Waals surface area contributed by atoms with Crippen molar-refractivity contribution in [2.45, 2.75) is 32.6 Å². The van der Waals surface area contributed by atoms with Gasteiger partial charge in [0.2, 0.25) is 0 Å². The maximum Gasteiger partial charge on any atom is 0.122 e. The van der Waals surface area contributed by atoms with Crippen LogP contribution in [0.3, 0.4) is 0 Å². The van der Waals surface area contributed by atoms with E-state index in [9.17, 15) is 0 Å². The molecule has 0 aliphatic carbocycles. The van der Waals surface area contributed by atoms with Crippen molar-refractivity contribution >= 4 is 0 Å². The summed E-state index contributed by atoms with van der Waals surface area (Å²) in [6, 6.07) is 4.28. The fourth-order valence-electron chi connectivity index (χ4n) is 3.11. The summed E-state index contributed by atoms with van der Waals surface area (Å²) in [5.41, 5.74) is 9.83. The fraction of sp³-hybridized carbons (Fsp3) is 0.625. The predicted octanol–water partition coefficient (Wildman–Crippen LogP) is 2.56. The molecule has 0 spiro atoms. The van der Waals surface area contributed by atoms with Crippen LogP contribution >= 0.6 is 0 Å². The minimum atomic E-state index is 0.139. The maximum atomic E-state index is 5.74. The summed E-state index contributed by atoms with van der Waals surface area (Å²) < 4.78 is 10.9. The molecule has 0 aromatic heterocycles. The van der Waals surface area contributed by atoms with Crippen LogP contribution in [0.2, 0.25) is 0 Å². The van der Waals surface area contributed by atoms with Crippen LogP contribution in [0.25, 0.3) is 0 Å². The monoisotopic (exact) mass is 263 g/mol. The summed E-state index contributed by atoms with van der Waals surface area (Å²) in [5.74, 6) is 1.50. The first kappa shape index (κ1) is 14.4. The number of rotatable bonds is 5. The Labute approximate surface area is 116 Å². The predicted molar refractivity (Wildman–Crippen MR) is 77.8 cm³/mol. The Morgan fingerprint density at radius 3 is 2.47 bits per heavy atom. The first-order chi connectivity index (χ1) is 9.06. The summed E-state index contributed by atoms with van der Waals surface area (Å²) in [7, 11) is 1.72. The molecule has 0 saturated carbocycles. The molecule has 0 bridgehead atoms. The van der Waals surface area contributed by atoms with Gasteiger partial charge in [0, 0.05) is 5.41 Å². The first-order valence-corrected chi connectivity index (χ1v) is 6.99. The van der Waals surface area contributed by atoms with E-state index in [1.54, 1.807) is 7.11 Å². The molecule has 3 nitrogen and oxygen atoms in total. The lowest BCUT2D eigenvalue weighted by Gasteiger charge is -2.47. The molecule has 0 amide bonds. The smallest absolute Gasteiger partial charge is 0.122 e. The molecule has 106 valence electrons. The number of nitrogens with two attached hydrogens (primary N) is 1. The molecule has 1 fully saturated rings. The van der Waals surface area contributed by atoms with Gasteiger partial charge in [-0.25, -0.2) is 0 Å². The van der Waals surface area contributed by atoms with Crippen LogP contribution in [0.1, 0.15) is 30.0 Å². The van der Waals surface area contributed by atoms with Gasteiger partial charge in [-0.05, 0) is 55.5 Å². The van der Waals surface area contributed by atoms with E-state index in [2.05, 4.69) is 32.9 Å². The van der Waals surface area contributed by atoms with E-state index in [1.807, 2.05) is 0 Å². The van der Waals surface area contributed by atoms with Crippen molar-refractivity contribution in [1.82, 2.24) is 0 Å². The van der Waals surface area contributed by atoms with Crippen LogP contribution in [-0.4, -0.2) is 26.9 Å². The third kappa shape index (κ3) is 2.26. The van der Waals surface area contributed by atoms with E-state index >= 15 is 0 Å². The standard InChI is InChI=1S/C16H25NO2/c1-11(7-8-17)16(9-19-10-16)14-5-6-15(18-4)13(3)12(14)2/h5-6,11H,7-10,17H2,1-4H3. The molecular formula is C16H25NO2. The lowest BCUT2D eigenvalue weighted by atomic mass is 9.66. The first-order valence-electron chi connectivity index (χ1n) is 6.99. The summed E-state index contributed by atoms with van der Waals surface area (Å²) in [6.45, 7) is 8.94. The number of ether oxygens (including phenoxy) is 2. The second kappa shape index (κ2) is 5.51. The van der Waals surface area contributed by atoms with Gasteiger partial charge in [-0.15, -0.1) is 0 Å². The Kier molecular flexibility index (Phi) is 4.16. The van der Waals surface area contributed by atoms with Crippen LogP contribution in [0.5, 0.6) is 5.75 Å². The van der Waals surface area contributed by atoms with E-state index < -0.39 is 0 Å². The highest BCUT2D eigenvalue weighted by molar-refractivity contribution is 5.47. The molecule has 3 heteroatoms. The van der Waals surface area contributed by atoms with E-state index in [-0.39, 0.29) is 5.41 Å². The lowest BCUT2D eigenvalue weighted by Crippen LogP contribution is -2.52. The van der Waals surface area contributed by atoms with Gasteiger partial charge in [-0.2, -0.15) is 0 Å². The second-order valence-corrected chi connectivity index (χ2v) is 5.69. The van der Waals surface area contributed by atoms with Crippen molar-refractivity contribution in [3.63, 3.8) is 0 Å². The minimum absolute atomic E-state index is 0.139. The Morgan fingerprint density at radius 1 is 1.32 bits per heavy atom. The molecule has 1 heterocycles. The number of methoxy groups -OCH3 is 1. The Hall–Kier alpha value is -1.06. The van der Waals surface area contributed by atoms with Crippen LogP contribution < -0.4 is 10.5 Å². The van der Waals surface area contributed by atoms with Crippen LogP contribution in [-0.2, 0) is 10.2 Å². The SMILES string of the molecule is COc1ccc(C2(C(C)CCN)COC2)c(C)c1C. The quantitative estimate of drug-likeness (QED) is 0.888. The highest BCUT2D eigenvalue weighted by atomic mass is 16.5. The number of hydrogen-bond donors (Lipinski definition) is 1. The molecule has 1 aromatic rings. The van der Waals surface area contributed by atoms with E-state index in [1.165, 1.54) is 16.7 Å². The third-order valence-corrected chi connectivity index (χ3v) is 4.76. The van der Waals surface area contributed by atoms with Crippen LogP contribution in [0, 0.1) is 19.8 Å². The molecule has 2 N–H and O–H groups in total.